The van der Waals surface area contributed by atoms with Crippen LogP contribution in [0, 0.1) is 6.92 Å². The van der Waals surface area contributed by atoms with Crippen molar-refractivity contribution in [3.05, 3.63) is 54.5 Å². The van der Waals surface area contributed by atoms with Gasteiger partial charge in [0.05, 0.1) is 42.0 Å². The van der Waals surface area contributed by atoms with Gasteiger partial charge in [-0.25, -0.2) is 19.5 Å². The Kier molecular flexibility index (Phi) is 3.17. The first-order valence-electron chi connectivity index (χ1n) is 8.15. The van der Waals surface area contributed by atoms with Gasteiger partial charge in [0.2, 0.25) is 0 Å². The number of aromatic amines is 2. The van der Waals surface area contributed by atoms with Crippen molar-refractivity contribution in [1.82, 2.24) is 39.7 Å². The van der Waals surface area contributed by atoms with E-state index in [0.29, 0.717) is 6.54 Å². The number of nitrogens with zero attached hydrogens (tertiary/aromatic N) is 6. The van der Waals surface area contributed by atoms with Crippen LogP contribution in [0.25, 0.3) is 28.1 Å². The quantitative estimate of drug-likeness (QED) is 0.461. The highest BCUT2D eigenvalue weighted by Gasteiger charge is 2.11. The second-order valence-electron chi connectivity index (χ2n) is 5.99. The van der Waals surface area contributed by atoms with Gasteiger partial charge in [0.15, 0.2) is 11.3 Å². The highest BCUT2D eigenvalue weighted by Crippen LogP contribution is 2.22. The zero-order chi connectivity index (χ0) is 17.5. The molecule has 0 aliphatic rings. The summed E-state index contributed by atoms with van der Waals surface area (Å²) in [5.41, 5.74) is 6.16. The largest absolute Gasteiger partial charge is 0.375 e. The predicted octanol–water partition coefficient (Wildman–Crippen LogP) is 2.31. The van der Waals surface area contributed by atoms with Crippen molar-refractivity contribution in [3.63, 3.8) is 0 Å². The monoisotopic (exact) mass is 345 g/mol. The minimum atomic E-state index is 0.531. The first-order chi connectivity index (χ1) is 12.8. The molecular weight excluding hydrogens is 330 g/mol. The first-order valence-corrected chi connectivity index (χ1v) is 8.15. The number of H-pyrrole nitrogens is 2. The number of hydrogen-bond donors (Lipinski definition) is 3. The predicted molar refractivity (Wildman–Crippen MR) is 96.5 cm³/mol. The van der Waals surface area contributed by atoms with Gasteiger partial charge in [0, 0.05) is 18.0 Å². The van der Waals surface area contributed by atoms with E-state index in [2.05, 4.69) is 40.5 Å². The van der Waals surface area contributed by atoms with Gasteiger partial charge in [0.25, 0.3) is 0 Å². The van der Waals surface area contributed by atoms with Gasteiger partial charge in [0.1, 0.15) is 5.82 Å². The van der Waals surface area contributed by atoms with Gasteiger partial charge < -0.3 is 10.3 Å². The Morgan fingerprint density at radius 3 is 3.00 bits per heavy atom. The Labute approximate surface area is 147 Å². The van der Waals surface area contributed by atoms with Crippen molar-refractivity contribution in [2.75, 3.05) is 5.32 Å². The summed E-state index contributed by atoms with van der Waals surface area (Å²) in [4.78, 5) is 16.8. The van der Waals surface area contributed by atoms with Crippen molar-refractivity contribution < 1.29 is 0 Å². The molecule has 0 atom stereocenters. The van der Waals surface area contributed by atoms with E-state index in [0.717, 1.165) is 45.1 Å². The molecule has 5 aromatic rings. The minimum Gasteiger partial charge on any atom is -0.375 e. The van der Waals surface area contributed by atoms with Crippen molar-refractivity contribution >= 4 is 22.5 Å². The molecule has 0 spiro atoms. The smallest absolute Gasteiger partial charge is 0.178 e. The molecule has 0 aromatic carbocycles. The van der Waals surface area contributed by atoms with Gasteiger partial charge in [-0.1, -0.05) is 0 Å². The van der Waals surface area contributed by atoms with Crippen molar-refractivity contribution in [1.29, 1.82) is 0 Å². The third-order valence-electron chi connectivity index (χ3n) is 4.25. The molecule has 5 heterocycles. The summed E-state index contributed by atoms with van der Waals surface area (Å²) in [7, 11) is 0. The highest BCUT2D eigenvalue weighted by molar-refractivity contribution is 5.75. The molecule has 0 aliphatic heterocycles. The lowest BCUT2D eigenvalue weighted by molar-refractivity contribution is 0.929. The van der Waals surface area contributed by atoms with Crippen LogP contribution in [0.2, 0.25) is 0 Å². The molecule has 5 rings (SSSR count). The molecule has 0 saturated heterocycles. The number of aromatic nitrogens is 8. The number of pyridine rings is 1. The van der Waals surface area contributed by atoms with Crippen LogP contribution in [0.15, 0.2) is 43.1 Å². The lowest BCUT2D eigenvalue weighted by atomic mass is 10.3. The number of aryl methyl sites for hydroxylation is 1. The van der Waals surface area contributed by atoms with E-state index in [1.54, 1.807) is 29.3 Å². The maximum atomic E-state index is 4.66. The number of imidazole rings is 2. The van der Waals surface area contributed by atoms with Crippen LogP contribution in [-0.2, 0) is 6.54 Å². The molecule has 0 fully saturated rings. The van der Waals surface area contributed by atoms with Gasteiger partial charge in [-0.2, -0.15) is 10.2 Å². The molecule has 26 heavy (non-hydrogen) atoms. The Balaban J connectivity index is 1.46. The Bertz CT molecular complexity index is 1200. The number of fused-ring (bicyclic) bond motifs is 2. The molecule has 9 heteroatoms. The van der Waals surface area contributed by atoms with E-state index < -0.39 is 0 Å². The number of anilines is 1. The molecule has 0 amide bonds. The van der Waals surface area contributed by atoms with E-state index in [-0.39, 0.29) is 0 Å². The average molecular weight is 345 g/mol. The van der Waals surface area contributed by atoms with E-state index >= 15 is 0 Å². The van der Waals surface area contributed by atoms with Crippen LogP contribution in [-0.4, -0.2) is 39.7 Å². The highest BCUT2D eigenvalue weighted by atomic mass is 15.3. The summed E-state index contributed by atoms with van der Waals surface area (Å²) in [6, 6.07) is 3.86. The van der Waals surface area contributed by atoms with E-state index in [9.17, 15) is 0 Å². The molecule has 3 N–H and O–H groups in total. The molecule has 5 aromatic heterocycles. The minimum absolute atomic E-state index is 0.531. The zero-order valence-corrected chi connectivity index (χ0v) is 13.9. The normalized spacial score (nSPS) is 11.4. The average Bonchev–Trinajstić information content (AvgIpc) is 3.37. The molecule has 0 bridgehead atoms. The zero-order valence-electron chi connectivity index (χ0n) is 13.9. The summed E-state index contributed by atoms with van der Waals surface area (Å²) >= 11 is 0. The first kappa shape index (κ1) is 14.6. The van der Waals surface area contributed by atoms with Crippen LogP contribution in [0.1, 0.15) is 11.4 Å². The SMILES string of the molecule is Cc1ccnc2nc(CNc3ccnn4cc(-c5cn[nH]c5)nc34)[nH]c12. The fourth-order valence-corrected chi connectivity index (χ4v) is 2.91. The Morgan fingerprint density at radius 1 is 1.19 bits per heavy atom. The van der Waals surface area contributed by atoms with Crippen LogP contribution < -0.4 is 5.32 Å². The molecule has 128 valence electrons. The van der Waals surface area contributed by atoms with Crippen molar-refractivity contribution in [2.45, 2.75) is 13.5 Å². The van der Waals surface area contributed by atoms with E-state index in [1.807, 2.05) is 25.3 Å². The van der Waals surface area contributed by atoms with Crippen LogP contribution in [0.3, 0.4) is 0 Å². The summed E-state index contributed by atoms with van der Waals surface area (Å²) in [6.45, 7) is 2.57. The lowest BCUT2D eigenvalue weighted by Crippen LogP contribution is -2.03. The second-order valence-corrected chi connectivity index (χ2v) is 5.99. The molecule has 0 saturated carbocycles. The van der Waals surface area contributed by atoms with E-state index in [1.165, 1.54) is 0 Å². The van der Waals surface area contributed by atoms with Gasteiger partial charge in [-0.3, -0.25) is 5.10 Å². The Hall–Kier alpha value is -3.75. The number of rotatable bonds is 4. The van der Waals surface area contributed by atoms with Crippen molar-refractivity contribution in [3.8, 4) is 11.3 Å². The Morgan fingerprint density at radius 2 is 2.15 bits per heavy atom. The maximum Gasteiger partial charge on any atom is 0.178 e. The number of hydrogen-bond acceptors (Lipinski definition) is 6. The number of nitrogens with one attached hydrogen (secondary N) is 3. The van der Waals surface area contributed by atoms with Gasteiger partial charge in [-0.05, 0) is 24.6 Å². The molecule has 0 unspecified atom stereocenters. The fraction of sp³-hybridized carbons (Fsp3) is 0.118. The van der Waals surface area contributed by atoms with Gasteiger partial charge >= 0.3 is 0 Å². The molecular formula is C17H15N9. The summed E-state index contributed by atoms with van der Waals surface area (Å²) in [6.07, 6.45) is 8.92. The standard InChI is InChI=1S/C17H15N9/c1-10-2-4-18-16-15(10)24-14(25-16)8-19-12-3-5-22-26-9-13(23-17(12)26)11-6-20-21-7-11/h2-7,9,19H,8H2,1H3,(H,20,21)(H,18,24,25). The third-order valence-corrected chi connectivity index (χ3v) is 4.25. The fourth-order valence-electron chi connectivity index (χ4n) is 2.91. The summed E-state index contributed by atoms with van der Waals surface area (Å²) in [5.74, 6) is 0.818. The second kappa shape index (κ2) is 5.66. The molecule has 9 nitrogen and oxygen atoms in total. The summed E-state index contributed by atoms with van der Waals surface area (Å²) < 4.78 is 1.75. The van der Waals surface area contributed by atoms with Crippen molar-refractivity contribution in [2.24, 2.45) is 0 Å². The summed E-state index contributed by atoms with van der Waals surface area (Å²) in [5, 5.41) is 14.5. The molecule has 0 radical (unpaired) electrons. The maximum absolute atomic E-state index is 4.66. The topological polar surface area (TPSA) is 112 Å². The van der Waals surface area contributed by atoms with Crippen LogP contribution in [0.4, 0.5) is 5.69 Å². The lowest BCUT2D eigenvalue weighted by Gasteiger charge is -2.05. The molecule has 0 aliphatic carbocycles. The van der Waals surface area contributed by atoms with E-state index in [4.69, 9.17) is 0 Å². The third kappa shape index (κ3) is 2.37. The van der Waals surface area contributed by atoms with Crippen LogP contribution in [0.5, 0.6) is 0 Å². The van der Waals surface area contributed by atoms with Crippen LogP contribution >= 0.6 is 0 Å². The van der Waals surface area contributed by atoms with Gasteiger partial charge in [-0.15, -0.1) is 0 Å².